The van der Waals surface area contributed by atoms with E-state index in [1.807, 2.05) is 6.07 Å². The molecule has 2 aromatic rings. The topological polar surface area (TPSA) is 93.1 Å². The maximum Gasteiger partial charge on any atom is 0.180 e. The number of aromatic nitrogens is 4. The average molecular weight is 315 g/mol. The number of nitrogens with zero attached hydrogens (tertiary/aromatic N) is 4. The third-order valence-electron chi connectivity index (χ3n) is 3.16. The lowest BCUT2D eigenvalue weighted by atomic mass is 10.2. The molecule has 122 valence electrons. The zero-order valence-electron chi connectivity index (χ0n) is 13.1. The van der Waals surface area contributed by atoms with E-state index < -0.39 is 0 Å². The van der Waals surface area contributed by atoms with E-state index in [1.165, 1.54) is 0 Å². The Morgan fingerprint density at radius 1 is 1.48 bits per heavy atom. The molecule has 0 aliphatic heterocycles. The van der Waals surface area contributed by atoms with Crippen molar-refractivity contribution in [1.82, 2.24) is 20.2 Å². The van der Waals surface area contributed by atoms with Gasteiger partial charge in [-0.1, -0.05) is 19.9 Å². The van der Waals surface area contributed by atoms with Crippen molar-refractivity contribution in [2.75, 3.05) is 11.9 Å². The zero-order chi connectivity index (χ0) is 16.5. The van der Waals surface area contributed by atoms with E-state index in [9.17, 15) is 5.11 Å². The highest BCUT2D eigenvalue weighted by Crippen LogP contribution is 2.23. The monoisotopic (exact) mass is 315 g/mol. The van der Waals surface area contributed by atoms with E-state index in [0.29, 0.717) is 23.1 Å². The van der Waals surface area contributed by atoms with Crippen LogP contribution < -0.4 is 10.1 Å². The molecular weight excluding hydrogens is 294 g/mol. The first-order valence-corrected chi connectivity index (χ1v) is 7.53. The van der Waals surface area contributed by atoms with Crippen LogP contribution in [0.25, 0.3) is 6.08 Å². The average Bonchev–Trinajstić information content (AvgIpc) is 2.61. The van der Waals surface area contributed by atoms with Crippen LogP contribution in [0.1, 0.15) is 31.3 Å². The Morgan fingerprint density at radius 2 is 2.35 bits per heavy atom. The van der Waals surface area contributed by atoms with Crippen molar-refractivity contribution >= 4 is 11.9 Å². The Labute approximate surface area is 135 Å². The molecule has 0 spiro atoms. The van der Waals surface area contributed by atoms with Gasteiger partial charge in [0.15, 0.2) is 17.4 Å². The number of hydrogen-bond acceptors (Lipinski definition) is 7. The van der Waals surface area contributed by atoms with E-state index in [4.69, 9.17) is 4.74 Å². The second kappa shape index (κ2) is 8.79. The number of hydrogen-bond donors (Lipinski definition) is 2. The first-order valence-electron chi connectivity index (χ1n) is 7.53. The standard InChI is InChI=1S/C16H21N5O2/c1-3-6-12(10-22)19-16-14(9-17-15(4-2)20-16)23-11-13-7-5-8-18-21-13/h4-5,7-9,12,22H,2-3,6,10-11H2,1H3,(H,17,19,20)/t12-/m0/s1. The smallest absolute Gasteiger partial charge is 0.180 e. The Hall–Kier alpha value is -2.54. The van der Waals surface area contributed by atoms with Gasteiger partial charge in [0.25, 0.3) is 0 Å². The minimum atomic E-state index is -0.0913. The van der Waals surface area contributed by atoms with Crippen LogP contribution in [-0.2, 0) is 6.61 Å². The third kappa shape index (κ3) is 5.00. The fourth-order valence-electron chi connectivity index (χ4n) is 2.00. The number of aliphatic hydroxyl groups excluding tert-OH is 1. The normalized spacial score (nSPS) is 11.7. The van der Waals surface area contributed by atoms with Gasteiger partial charge >= 0.3 is 0 Å². The summed E-state index contributed by atoms with van der Waals surface area (Å²) in [5, 5.41) is 20.4. The molecule has 0 aliphatic carbocycles. The molecule has 7 heteroatoms. The van der Waals surface area contributed by atoms with E-state index >= 15 is 0 Å². The molecule has 0 saturated carbocycles. The molecule has 0 fully saturated rings. The number of nitrogens with one attached hydrogen (secondary N) is 1. The van der Waals surface area contributed by atoms with Crippen LogP contribution in [0.5, 0.6) is 5.75 Å². The van der Waals surface area contributed by atoms with Crippen molar-refractivity contribution in [2.24, 2.45) is 0 Å². The maximum atomic E-state index is 9.46. The molecule has 7 nitrogen and oxygen atoms in total. The Kier molecular flexibility index (Phi) is 6.43. The zero-order valence-corrected chi connectivity index (χ0v) is 13.1. The summed E-state index contributed by atoms with van der Waals surface area (Å²) < 4.78 is 5.74. The van der Waals surface area contributed by atoms with Gasteiger partial charge in [-0.05, 0) is 24.6 Å². The van der Waals surface area contributed by atoms with Gasteiger partial charge in [-0.2, -0.15) is 10.2 Å². The van der Waals surface area contributed by atoms with Gasteiger partial charge in [0.1, 0.15) is 12.3 Å². The number of anilines is 1. The second-order valence-corrected chi connectivity index (χ2v) is 4.96. The van der Waals surface area contributed by atoms with Crippen molar-refractivity contribution in [3.8, 4) is 5.75 Å². The molecule has 0 aromatic carbocycles. The molecule has 0 amide bonds. The maximum absolute atomic E-state index is 9.46. The second-order valence-electron chi connectivity index (χ2n) is 4.96. The van der Waals surface area contributed by atoms with E-state index in [2.05, 4.69) is 39.0 Å². The van der Waals surface area contributed by atoms with Crippen molar-refractivity contribution in [2.45, 2.75) is 32.4 Å². The summed E-state index contributed by atoms with van der Waals surface area (Å²) in [6.07, 6.45) is 6.53. The SMILES string of the molecule is C=Cc1ncc(OCc2cccnn2)c(N[C@H](CO)CCC)n1. The minimum Gasteiger partial charge on any atom is -0.482 e. The van der Waals surface area contributed by atoms with E-state index in [0.717, 1.165) is 12.8 Å². The molecule has 2 heterocycles. The van der Waals surface area contributed by atoms with Crippen molar-refractivity contribution in [1.29, 1.82) is 0 Å². The lowest BCUT2D eigenvalue weighted by Crippen LogP contribution is -2.24. The van der Waals surface area contributed by atoms with Gasteiger partial charge < -0.3 is 15.2 Å². The van der Waals surface area contributed by atoms with Gasteiger partial charge in [-0.15, -0.1) is 0 Å². The Bertz CT molecular complexity index is 621. The first-order chi connectivity index (χ1) is 11.3. The highest BCUT2D eigenvalue weighted by atomic mass is 16.5. The molecule has 0 aliphatic rings. The first kappa shape index (κ1) is 16.8. The third-order valence-corrected chi connectivity index (χ3v) is 3.16. The van der Waals surface area contributed by atoms with Crippen LogP contribution in [0.4, 0.5) is 5.82 Å². The van der Waals surface area contributed by atoms with E-state index in [1.54, 1.807) is 24.5 Å². The molecule has 2 N–H and O–H groups in total. The molecule has 1 atom stereocenters. The fraction of sp³-hybridized carbons (Fsp3) is 0.375. The van der Waals surface area contributed by atoms with Crippen molar-refractivity contribution in [3.63, 3.8) is 0 Å². The van der Waals surface area contributed by atoms with Crippen LogP contribution in [-0.4, -0.2) is 37.9 Å². The van der Waals surface area contributed by atoms with Gasteiger partial charge in [0.05, 0.1) is 18.8 Å². The molecular formula is C16H21N5O2. The van der Waals surface area contributed by atoms with Gasteiger partial charge in [0.2, 0.25) is 0 Å². The predicted molar refractivity (Wildman–Crippen MR) is 87.9 cm³/mol. The summed E-state index contributed by atoms with van der Waals surface area (Å²) in [7, 11) is 0. The number of rotatable bonds is 9. The molecule has 0 unspecified atom stereocenters. The van der Waals surface area contributed by atoms with Gasteiger partial charge in [0, 0.05) is 6.20 Å². The Balaban J connectivity index is 2.15. The molecule has 0 bridgehead atoms. The number of ether oxygens (including phenoxy) is 1. The summed E-state index contributed by atoms with van der Waals surface area (Å²) in [4.78, 5) is 8.52. The molecule has 0 radical (unpaired) electrons. The summed E-state index contributed by atoms with van der Waals surface area (Å²) in [6.45, 7) is 6.01. The summed E-state index contributed by atoms with van der Waals surface area (Å²) >= 11 is 0. The van der Waals surface area contributed by atoms with Gasteiger partial charge in [-0.25, -0.2) is 9.97 Å². The Morgan fingerprint density at radius 3 is 3.00 bits per heavy atom. The van der Waals surface area contributed by atoms with Gasteiger partial charge in [-0.3, -0.25) is 0 Å². The van der Waals surface area contributed by atoms with Crippen LogP contribution >= 0.6 is 0 Å². The molecule has 0 saturated heterocycles. The quantitative estimate of drug-likeness (QED) is 0.731. The number of aliphatic hydroxyl groups is 1. The van der Waals surface area contributed by atoms with Crippen LogP contribution in [0.3, 0.4) is 0 Å². The predicted octanol–water partition coefficient (Wildman–Crippen LogP) is 2.06. The van der Waals surface area contributed by atoms with Crippen LogP contribution in [0, 0.1) is 0 Å². The molecule has 2 aromatic heterocycles. The highest BCUT2D eigenvalue weighted by molar-refractivity contribution is 5.52. The van der Waals surface area contributed by atoms with Crippen LogP contribution in [0.15, 0.2) is 31.1 Å². The lowest BCUT2D eigenvalue weighted by Gasteiger charge is -2.18. The van der Waals surface area contributed by atoms with Crippen molar-refractivity contribution in [3.05, 3.63) is 42.6 Å². The highest BCUT2D eigenvalue weighted by Gasteiger charge is 2.13. The summed E-state index contributed by atoms with van der Waals surface area (Å²) in [5.41, 5.74) is 0.707. The van der Waals surface area contributed by atoms with E-state index in [-0.39, 0.29) is 19.3 Å². The van der Waals surface area contributed by atoms with Crippen molar-refractivity contribution < 1.29 is 9.84 Å². The molecule has 2 rings (SSSR count). The summed E-state index contributed by atoms with van der Waals surface area (Å²) in [5.74, 6) is 1.52. The lowest BCUT2D eigenvalue weighted by molar-refractivity contribution is 0.266. The summed E-state index contributed by atoms with van der Waals surface area (Å²) in [6, 6.07) is 3.53. The fourth-order valence-corrected chi connectivity index (χ4v) is 2.00. The molecule has 23 heavy (non-hydrogen) atoms. The van der Waals surface area contributed by atoms with Crippen LogP contribution in [0.2, 0.25) is 0 Å². The minimum absolute atomic E-state index is 0.0187. The largest absolute Gasteiger partial charge is 0.482 e.